The molecule has 0 saturated heterocycles. The minimum absolute atomic E-state index is 0.384. The van der Waals surface area contributed by atoms with Gasteiger partial charge in [0.15, 0.2) is 0 Å². The Morgan fingerprint density at radius 1 is 0.882 bits per heavy atom. The van der Waals surface area contributed by atoms with Gasteiger partial charge in [-0.25, -0.2) is 4.98 Å². The lowest BCUT2D eigenvalue weighted by Crippen LogP contribution is -2.37. The normalized spacial score (nSPS) is 18.2. The third-order valence-corrected chi connectivity index (χ3v) is 6.49. The van der Waals surface area contributed by atoms with Gasteiger partial charge in [-0.3, -0.25) is 0 Å². The number of aryl methyl sites for hydroxylation is 1. The number of para-hydroxylation sites is 2. The summed E-state index contributed by atoms with van der Waals surface area (Å²) < 4.78 is 0. The second-order valence-electron chi connectivity index (χ2n) is 9.21. The zero-order chi connectivity index (χ0) is 23.5. The van der Waals surface area contributed by atoms with Gasteiger partial charge in [0.1, 0.15) is 5.82 Å². The summed E-state index contributed by atoms with van der Waals surface area (Å²) in [4.78, 5) is 13.3. The number of hydrogen-bond donors (Lipinski definition) is 2. The van der Waals surface area contributed by atoms with Crippen molar-refractivity contribution in [2.45, 2.75) is 51.2 Å². The fourth-order valence-electron chi connectivity index (χ4n) is 4.58. The maximum atomic E-state index is 4.80. The molecule has 0 spiro atoms. The molecular formula is C26H32N8. The lowest BCUT2D eigenvalue weighted by atomic mass is 9.91. The molecule has 176 valence electrons. The molecule has 1 aliphatic rings. The Labute approximate surface area is 200 Å². The number of aromatic nitrogens is 5. The second-order valence-corrected chi connectivity index (χ2v) is 9.21. The van der Waals surface area contributed by atoms with Gasteiger partial charge in [-0.1, -0.05) is 30.3 Å². The summed E-state index contributed by atoms with van der Waals surface area (Å²) in [6, 6.07) is 19.1. The fourth-order valence-corrected chi connectivity index (χ4v) is 4.58. The molecule has 34 heavy (non-hydrogen) atoms. The molecule has 0 amide bonds. The zero-order valence-corrected chi connectivity index (χ0v) is 20.1. The summed E-state index contributed by atoms with van der Waals surface area (Å²) in [6.07, 6.45) is 4.39. The lowest BCUT2D eigenvalue weighted by molar-refractivity contribution is 0.350. The first kappa shape index (κ1) is 22.3. The van der Waals surface area contributed by atoms with E-state index in [1.54, 1.807) is 4.80 Å². The number of benzene rings is 2. The quantitative estimate of drug-likeness (QED) is 0.433. The highest BCUT2D eigenvalue weighted by molar-refractivity contribution is 5.90. The van der Waals surface area contributed by atoms with Crippen molar-refractivity contribution < 1.29 is 0 Å². The van der Waals surface area contributed by atoms with Gasteiger partial charge >= 0.3 is 0 Å². The van der Waals surface area contributed by atoms with E-state index in [-0.39, 0.29) is 0 Å². The summed E-state index contributed by atoms with van der Waals surface area (Å²) in [7, 11) is 4.05. The van der Waals surface area contributed by atoms with E-state index in [0.717, 1.165) is 66.0 Å². The number of hydrogen-bond acceptors (Lipinski definition) is 7. The molecule has 5 rings (SSSR count). The monoisotopic (exact) mass is 456 g/mol. The van der Waals surface area contributed by atoms with Crippen LogP contribution in [0.5, 0.6) is 0 Å². The number of nitrogens with one attached hydrogen (secondary N) is 2. The minimum atomic E-state index is 0.384. The third-order valence-electron chi connectivity index (χ3n) is 6.49. The Kier molecular flexibility index (Phi) is 6.40. The number of rotatable bonds is 7. The Morgan fingerprint density at radius 2 is 1.59 bits per heavy atom. The molecule has 2 aromatic heterocycles. The smallest absolute Gasteiger partial charge is 0.225 e. The van der Waals surface area contributed by atoms with Crippen LogP contribution in [0.1, 0.15) is 37.1 Å². The first-order chi connectivity index (χ1) is 16.6. The van der Waals surface area contributed by atoms with Crippen molar-refractivity contribution in [1.29, 1.82) is 0 Å². The van der Waals surface area contributed by atoms with E-state index >= 15 is 0 Å². The van der Waals surface area contributed by atoms with Gasteiger partial charge in [-0.15, -0.1) is 0 Å². The van der Waals surface area contributed by atoms with E-state index in [1.165, 1.54) is 0 Å². The van der Waals surface area contributed by atoms with Gasteiger partial charge in [-0.05, 0) is 56.9 Å². The van der Waals surface area contributed by atoms with Crippen LogP contribution < -0.4 is 15.5 Å². The van der Waals surface area contributed by atoms with Crippen molar-refractivity contribution in [3.8, 4) is 5.69 Å². The number of nitrogens with zero attached hydrogens (tertiary/aromatic N) is 6. The summed E-state index contributed by atoms with van der Waals surface area (Å²) >= 11 is 0. The standard InChI is InChI=1S/C26H32N8/c1-18-24(32-34(31-18)21-9-5-4-6-10-21)17-27-19-13-15-20(16-14-19)28-26-29-23-12-8-7-11-22(23)25(30-26)33(2)3/h4-12,19-20,27H,13-17H2,1-3H3,(H,28,29,30). The van der Waals surface area contributed by atoms with E-state index in [2.05, 4.69) is 21.8 Å². The average Bonchev–Trinajstić information content (AvgIpc) is 3.24. The molecule has 2 aromatic carbocycles. The SMILES string of the molecule is Cc1nn(-c2ccccc2)nc1CNC1CCC(Nc2nc(N(C)C)c3ccccc3n2)CC1. The Hall–Kier alpha value is -3.52. The topological polar surface area (TPSA) is 83.8 Å². The zero-order valence-electron chi connectivity index (χ0n) is 20.1. The van der Waals surface area contributed by atoms with Gasteiger partial charge in [0.05, 0.1) is 22.6 Å². The van der Waals surface area contributed by atoms with Gasteiger partial charge in [0, 0.05) is 38.1 Å². The van der Waals surface area contributed by atoms with Crippen LogP contribution in [0, 0.1) is 6.92 Å². The van der Waals surface area contributed by atoms with Crippen molar-refractivity contribution in [2.75, 3.05) is 24.3 Å². The Morgan fingerprint density at radius 3 is 2.35 bits per heavy atom. The van der Waals surface area contributed by atoms with Crippen molar-refractivity contribution >= 4 is 22.7 Å². The second kappa shape index (κ2) is 9.77. The van der Waals surface area contributed by atoms with Crippen molar-refractivity contribution in [1.82, 2.24) is 30.3 Å². The lowest BCUT2D eigenvalue weighted by Gasteiger charge is -2.30. The largest absolute Gasteiger partial charge is 0.362 e. The van der Waals surface area contributed by atoms with Gasteiger partial charge in [0.2, 0.25) is 5.95 Å². The first-order valence-electron chi connectivity index (χ1n) is 12.0. The molecule has 0 bridgehead atoms. The molecule has 2 heterocycles. The van der Waals surface area contributed by atoms with E-state index in [0.29, 0.717) is 18.0 Å². The van der Waals surface area contributed by atoms with E-state index < -0.39 is 0 Å². The van der Waals surface area contributed by atoms with Crippen LogP contribution in [-0.4, -0.2) is 51.1 Å². The summed E-state index contributed by atoms with van der Waals surface area (Å²) in [6.45, 7) is 2.76. The van der Waals surface area contributed by atoms with Crippen molar-refractivity contribution in [2.24, 2.45) is 0 Å². The molecule has 2 N–H and O–H groups in total. The Bertz CT molecular complexity index is 1240. The highest BCUT2D eigenvalue weighted by Gasteiger charge is 2.22. The van der Waals surface area contributed by atoms with Gasteiger partial charge in [0.25, 0.3) is 0 Å². The Balaban J connectivity index is 1.17. The molecule has 0 radical (unpaired) electrons. The van der Waals surface area contributed by atoms with E-state index in [9.17, 15) is 0 Å². The van der Waals surface area contributed by atoms with Crippen LogP contribution in [0.3, 0.4) is 0 Å². The molecule has 0 atom stereocenters. The molecule has 4 aromatic rings. The summed E-state index contributed by atoms with van der Waals surface area (Å²) in [5.74, 6) is 1.66. The molecule has 0 aliphatic heterocycles. The van der Waals surface area contributed by atoms with Gasteiger partial charge < -0.3 is 15.5 Å². The molecule has 1 fully saturated rings. The van der Waals surface area contributed by atoms with Crippen LogP contribution in [0.25, 0.3) is 16.6 Å². The highest BCUT2D eigenvalue weighted by atomic mass is 15.5. The van der Waals surface area contributed by atoms with E-state index in [1.807, 2.05) is 74.4 Å². The number of fused-ring (bicyclic) bond motifs is 1. The molecule has 8 heteroatoms. The van der Waals surface area contributed by atoms with Crippen molar-refractivity contribution in [3.63, 3.8) is 0 Å². The predicted octanol–water partition coefficient (Wildman–Crippen LogP) is 4.10. The molecule has 0 unspecified atom stereocenters. The van der Waals surface area contributed by atoms with Crippen LogP contribution in [-0.2, 0) is 6.54 Å². The predicted molar refractivity (Wildman–Crippen MR) is 136 cm³/mol. The van der Waals surface area contributed by atoms with E-state index in [4.69, 9.17) is 15.1 Å². The van der Waals surface area contributed by atoms with Crippen LogP contribution in [0.4, 0.5) is 11.8 Å². The molecule has 1 saturated carbocycles. The summed E-state index contributed by atoms with van der Waals surface area (Å²) in [5.41, 5.74) is 3.93. The minimum Gasteiger partial charge on any atom is -0.362 e. The maximum absolute atomic E-state index is 4.80. The summed E-state index contributed by atoms with van der Waals surface area (Å²) in [5, 5.41) is 17.6. The van der Waals surface area contributed by atoms with Crippen molar-refractivity contribution in [3.05, 3.63) is 66.0 Å². The average molecular weight is 457 g/mol. The molecule has 8 nitrogen and oxygen atoms in total. The third kappa shape index (κ3) is 4.87. The highest BCUT2D eigenvalue weighted by Crippen LogP contribution is 2.26. The molecular weight excluding hydrogens is 424 g/mol. The first-order valence-corrected chi connectivity index (χ1v) is 12.0. The fraction of sp³-hybridized carbons (Fsp3) is 0.385. The van der Waals surface area contributed by atoms with Gasteiger partial charge in [-0.2, -0.15) is 20.0 Å². The van der Waals surface area contributed by atoms with Crippen LogP contribution in [0.2, 0.25) is 0 Å². The van der Waals surface area contributed by atoms with Crippen LogP contribution in [0.15, 0.2) is 54.6 Å². The maximum Gasteiger partial charge on any atom is 0.225 e. The number of anilines is 2. The molecule has 1 aliphatic carbocycles. The van der Waals surface area contributed by atoms with Crippen LogP contribution >= 0.6 is 0 Å².